The summed E-state index contributed by atoms with van der Waals surface area (Å²) in [5.74, 6) is -0.410. The summed E-state index contributed by atoms with van der Waals surface area (Å²) >= 11 is 0. The van der Waals surface area contributed by atoms with E-state index in [0.717, 1.165) is 0 Å². The van der Waals surface area contributed by atoms with Crippen molar-refractivity contribution in [2.24, 2.45) is 5.92 Å². The predicted molar refractivity (Wildman–Crippen MR) is 88.7 cm³/mol. The smallest absolute Gasteiger partial charge is 0.309 e. The molecular formula is C16H20N2O6S. The zero-order valence-corrected chi connectivity index (χ0v) is 14.7. The molecular weight excluding hydrogens is 348 g/mol. The SMILES string of the molecule is CCOC(=O)C1CCN(S(=O)(=O)c2ccc3c(c2)NC(=O)CO3)CC1. The Morgan fingerprint density at radius 2 is 2.08 bits per heavy atom. The molecule has 1 aromatic carbocycles. The Hall–Kier alpha value is -2.13. The third kappa shape index (κ3) is 3.62. The van der Waals surface area contributed by atoms with Crippen LogP contribution in [0.25, 0.3) is 0 Å². The van der Waals surface area contributed by atoms with Crippen LogP contribution < -0.4 is 10.1 Å². The monoisotopic (exact) mass is 368 g/mol. The van der Waals surface area contributed by atoms with Gasteiger partial charge in [0.1, 0.15) is 5.75 Å². The molecule has 1 aromatic rings. The summed E-state index contributed by atoms with van der Waals surface area (Å²) < 4.78 is 37.2. The Bertz CT molecular complexity index is 784. The number of esters is 1. The second kappa shape index (κ2) is 7.01. The molecule has 0 aliphatic carbocycles. The van der Waals surface area contributed by atoms with Crippen LogP contribution in [0, 0.1) is 5.92 Å². The van der Waals surface area contributed by atoms with Crippen molar-refractivity contribution in [2.45, 2.75) is 24.7 Å². The van der Waals surface area contributed by atoms with Gasteiger partial charge in [0.25, 0.3) is 5.91 Å². The van der Waals surface area contributed by atoms with Gasteiger partial charge in [-0.05, 0) is 38.0 Å². The van der Waals surface area contributed by atoms with Crippen molar-refractivity contribution < 1.29 is 27.5 Å². The Labute approximate surface area is 146 Å². The molecule has 0 aromatic heterocycles. The van der Waals surface area contributed by atoms with Gasteiger partial charge in [-0.1, -0.05) is 0 Å². The minimum absolute atomic E-state index is 0.0829. The summed E-state index contributed by atoms with van der Waals surface area (Å²) in [4.78, 5) is 23.3. The number of nitrogens with zero attached hydrogens (tertiary/aromatic N) is 1. The minimum Gasteiger partial charge on any atom is -0.482 e. The van der Waals surface area contributed by atoms with Crippen molar-refractivity contribution in [1.82, 2.24) is 4.31 Å². The van der Waals surface area contributed by atoms with Crippen LogP contribution in [0.5, 0.6) is 5.75 Å². The number of carbonyl (C=O) groups is 2. The second-order valence-corrected chi connectivity index (χ2v) is 7.86. The van der Waals surface area contributed by atoms with Crippen LogP contribution in [0.1, 0.15) is 19.8 Å². The van der Waals surface area contributed by atoms with Crippen LogP contribution >= 0.6 is 0 Å². The lowest BCUT2D eigenvalue weighted by molar-refractivity contribution is -0.149. The average molecular weight is 368 g/mol. The molecule has 2 aliphatic heterocycles. The van der Waals surface area contributed by atoms with Gasteiger partial charge in [-0.2, -0.15) is 4.31 Å². The van der Waals surface area contributed by atoms with Crippen molar-refractivity contribution >= 4 is 27.6 Å². The number of nitrogens with one attached hydrogen (secondary N) is 1. The summed E-state index contributed by atoms with van der Waals surface area (Å²) in [5.41, 5.74) is 0.346. The van der Waals surface area contributed by atoms with E-state index in [1.54, 1.807) is 6.92 Å². The van der Waals surface area contributed by atoms with Gasteiger partial charge in [-0.15, -0.1) is 0 Å². The van der Waals surface area contributed by atoms with Crippen LogP contribution in [-0.2, 0) is 24.3 Å². The van der Waals surface area contributed by atoms with E-state index in [1.165, 1.54) is 22.5 Å². The van der Waals surface area contributed by atoms with E-state index in [2.05, 4.69) is 5.32 Å². The number of ether oxygens (including phenoxy) is 2. The number of rotatable bonds is 4. The second-order valence-electron chi connectivity index (χ2n) is 5.93. The van der Waals surface area contributed by atoms with Gasteiger partial charge in [-0.25, -0.2) is 8.42 Å². The third-order valence-corrected chi connectivity index (χ3v) is 6.19. The first-order valence-electron chi connectivity index (χ1n) is 8.15. The largest absolute Gasteiger partial charge is 0.482 e. The number of hydrogen-bond donors (Lipinski definition) is 1. The molecule has 1 saturated heterocycles. The molecule has 0 spiro atoms. The molecule has 9 heteroatoms. The molecule has 0 radical (unpaired) electrons. The lowest BCUT2D eigenvalue weighted by Gasteiger charge is -2.30. The summed E-state index contributed by atoms with van der Waals surface area (Å²) in [7, 11) is -3.70. The summed E-state index contributed by atoms with van der Waals surface area (Å²) in [6.45, 7) is 2.49. The first kappa shape index (κ1) is 17.7. The Morgan fingerprint density at radius 1 is 1.36 bits per heavy atom. The van der Waals surface area contributed by atoms with Crippen molar-refractivity contribution in [3.8, 4) is 5.75 Å². The molecule has 1 fully saturated rings. The number of piperidine rings is 1. The Kier molecular flexibility index (Phi) is 4.96. The number of hydrogen-bond acceptors (Lipinski definition) is 6. The van der Waals surface area contributed by atoms with Crippen molar-refractivity contribution in [3.05, 3.63) is 18.2 Å². The highest BCUT2D eigenvalue weighted by molar-refractivity contribution is 7.89. The van der Waals surface area contributed by atoms with E-state index in [4.69, 9.17) is 9.47 Å². The van der Waals surface area contributed by atoms with Crippen molar-refractivity contribution in [1.29, 1.82) is 0 Å². The molecule has 0 saturated carbocycles. The standard InChI is InChI=1S/C16H20N2O6S/c1-2-23-16(20)11-5-7-18(8-6-11)25(21,22)12-3-4-14-13(9-12)17-15(19)10-24-14/h3-4,9,11H,2,5-8,10H2,1H3,(H,17,19). The number of anilines is 1. The van der Waals surface area contributed by atoms with Gasteiger partial charge in [0.2, 0.25) is 10.0 Å². The molecule has 1 N–H and O–H groups in total. The first-order chi connectivity index (χ1) is 11.9. The molecule has 3 rings (SSSR count). The molecule has 1 amide bonds. The molecule has 25 heavy (non-hydrogen) atoms. The molecule has 0 unspecified atom stereocenters. The zero-order valence-electron chi connectivity index (χ0n) is 13.9. The van der Waals surface area contributed by atoms with Gasteiger partial charge < -0.3 is 14.8 Å². The topological polar surface area (TPSA) is 102 Å². The molecule has 8 nitrogen and oxygen atoms in total. The molecule has 0 bridgehead atoms. The van der Waals surface area contributed by atoms with E-state index < -0.39 is 10.0 Å². The fraction of sp³-hybridized carbons (Fsp3) is 0.500. The maximum atomic E-state index is 12.8. The quantitative estimate of drug-likeness (QED) is 0.795. The fourth-order valence-electron chi connectivity index (χ4n) is 2.96. The van der Waals surface area contributed by atoms with Crippen molar-refractivity contribution in [2.75, 3.05) is 31.6 Å². The highest BCUT2D eigenvalue weighted by atomic mass is 32.2. The number of sulfonamides is 1. The molecule has 136 valence electrons. The Balaban J connectivity index is 1.74. The van der Waals surface area contributed by atoms with E-state index >= 15 is 0 Å². The van der Waals surface area contributed by atoms with Crippen LogP contribution in [-0.4, -0.2) is 50.9 Å². The maximum absolute atomic E-state index is 12.8. The summed E-state index contributed by atoms with van der Waals surface area (Å²) in [6, 6.07) is 4.40. The van der Waals surface area contributed by atoms with E-state index in [0.29, 0.717) is 30.9 Å². The number of amides is 1. The lowest BCUT2D eigenvalue weighted by Crippen LogP contribution is -2.40. The highest BCUT2D eigenvalue weighted by Crippen LogP contribution is 2.32. The summed E-state index contributed by atoms with van der Waals surface area (Å²) in [6.07, 6.45) is 0.867. The minimum atomic E-state index is -3.70. The summed E-state index contributed by atoms with van der Waals surface area (Å²) in [5, 5.41) is 2.60. The van der Waals surface area contributed by atoms with Gasteiger partial charge in [-0.3, -0.25) is 9.59 Å². The van der Waals surface area contributed by atoms with Crippen LogP contribution in [0.2, 0.25) is 0 Å². The molecule has 2 heterocycles. The van der Waals surface area contributed by atoms with Gasteiger partial charge in [0.05, 0.1) is 23.1 Å². The zero-order chi connectivity index (χ0) is 18.0. The van der Waals surface area contributed by atoms with Crippen LogP contribution in [0.15, 0.2) is 23.1 Å². The number of benzene rings is 1. The third-order valence-electron chi connectivity index (χ3n) is 4.30. The van der Waals surface area contributed by atoms with Crippen LogP contribution in [0.3, 0.4) is 0 Å². The fourth-order valence-corrected chi connectivity index (χ4v) is 4.46. The van der Waals surface area contributed by atoms with E-state index in [9.17, 15) is 18.0 Å². The van der Waals surface area contributed by atoms with Gasteiger partial charge >= 0.3 is 5.97 Å². The van der Waals surface area contributed by atoms with Crippen LogP contribution in [0.4, 0.5) is 5.69 Å². The number of carbonyl (C=O) groups excluding carboxylic acids is 2. The normalized spacial score (nSPS) is 18.8. The Morgan fingerprint density at radius 3 is 2.76 bits per heavy atom. The van der Waals surface area contributed by atoms with Crippen molar-refractivity contribution in [3.63, 3.8) is 0 Å². The average Bonchev–Trinajstić information content (AvgIpc) is 2.61. The van der Waals surface area contributed by atoms with Gasteiger partial charge in [0, 0.05) is 13.1 Å². The van der Waals surface area contributed by atoms with Gasteiger partial charge in [0.15, 0.2) is 6.61 Å². The molecule has 2 aliphatic rings. The van der Waals surface area contributed by atoms with E-state index in [-0.39, 0.29) is 42.4 Å². The lowest BCUT2D eigenvalue weighted by atomic mass is 9.98. The van der Waals surface area contributed by atoms with E-state index in [1.807, 2.05) is 0 Å². The highest BCUT2D eigenvalue weighted by Gasteiger charge is 2.33. The maximum Gasteiger partial charge on any atom is 0.309 e. The first-order valence-corrected chi connectivity index (χ1v) is 9.59. The molecule has 0 atom stereocenters. The number of fused-ring (bicyclic) bond motifs is 1. The predicted octanol–water partition coefficient (Wildman–Crippen LogP) is 0.981.